The SMILES string of the molecule is CC(C)(C)OC(=O)NCCC(O)c1cccc(C#CCC2CCCC2)c1. The highest BCUT2D eigenvalue weighted by molar-refractivity contribution is 5.67. The van der Waals surface area contributed by atoms with Crippen LogP contribution in [0.25, 0.3) is 0 Å². The van der Waals surface area contributed by atoms with Gasteiger partial charge < -0.3 is 15.2 Å². The number of rotatable bonds is 5. The van der Waals surface area contributed by atoms with Crippen LogP contribution in [0.5, 0.6) is 0 Å². The van der Waals surface area contributed by atoms with E-state index in [4.69, 9.17) is 4.74 Å². The van der Waals surface area contributed by atoms with Gasteiger partial charge in [0.1, 0.15) is 5.60 Å². The molecule has 0 heterocycles. The number of carbonyl (C=O) groups excluding carboxylic acids is 1. The second-order valence-corrected chi connectivity index (χ2v) is 8.01. The van der Waals surface area contributed by atoms with Gasteiger partial charge in [-0.05, 0) is 63.6 Å². The van der Waals surface area contributed by atoms with Crippen LogP contribution >= 0.6 is 0 Å². The molecule has 0 radical (unpaired) electrons. The van der Waals surface area contributed by atoms with E-state index in [-0.39, 0.29) is 0 Å². The summed E-state index contributed by atoms with van der Waals surface area (Å²) in [5.74, 6) is 7.26. The quantitative estimate of drug-likeness (QED) is 0.759. The van der Waals surface area contributed by atoms with Gasteiger partial charge in [0.15, 0.2) is 0 Å². The zero-order chi connectivity index (χ0) is 19.0. The number of hydrogen-bond acceptors (Lipinski definition) is 3. The number of hydrogen-bond donors (Lipinski definition) is 2. The first kappa shape index (κ1) is 20.3. The number of aliphatic hydroxyl groups is 1. The van der Waals surface area contributed by atoms with Crippen molar-refractivity contribution >= 4 is 6.09 Å². The molecule has 0 aromatic heterocycles. The number of aliphatic hydroxyl groups excluding tert-OH is 1. The van der Waals surface area contributed by atoms with E-state index in [9.17, 15) is 9.90 Å². The predicted molar refractivity (Wildman–Crippen MR) is 104 cm³/mol. The number of ether oxygens (including phenoxy) is 1. The van der Waals surface area contributed by atoms with Crippen LogP contribution in [0.2, 0.25) is 0 Å². The van der Waals surface area contributed by atoms with Gasteiger partial charge in [0.05, 0.1) is 6.10 Å². The van der Waals surface area contributed by atoms with E-state index in [2.05, 4.69) is 17.2 Å². The molecule has 0 spiro atoms. The zero-order valence-corrected chi connectivity index (χ0v) is 16.2. The number of carbonyl (C=O) groups is 1. The summed E-state index contributed by atoms with van der Waals surface area (Å²) in [4.78, 5) is 11.6. The molecule has 4 heteroatoms. The summed E-state index contributed by atoms with van der Waals surface area (Å²) in [6.45, 7) is 5.82. The fourth-order valence-electron chi connectivity index (χ4n) is 3.13. The van der Waals surface area contributed by atoms with Gasteiger partial charge in [0, 0.05) is 18.5 Å². The lowest BCUT2D eigenvalue weighted by Gasteiger charge is -2.20. The Morgan fingerprint density at radius 3 is 2.77 bits per heavy atom. The van der Waals surface area contributed by atoms with Gasteiger partial charge in [-0.1, -0.05) is 36.8 Å². The van der Waals surface area contributed by atoms with Crippen LogP contribution in [0, 0.1) is 17.8 Å². The monoisotopic (exact) mass is 357 g/mol. The van der Waals surface area contributed by atoms with Gasteiger partial charge in [0.25, 0.3) is 0 Å². The molecular weight excluding hydrogens is 326 g/mol. The third-order valence-electron chi connectivity index (χ3n) is 4.46. The fourth-order valence-corrected chi connectivity index (χ4v) is 3.13. The molecule has 1 aromatic carbocycles. The lowest BCUT2D eigenvalue weighted by molar-refractivity contribution is 0.0518. The third-order valence-corrected chi connectivity index (χ3v) is 4.46. The van der Waals surface area contributed by atoms with Crippen LogP contribution in [0.4, 0.5) is 4.79 Å². The van der Waals surface area contributed by atoms with E-state index in [0.717, 1.165) is 23.5 Å². The molecule has 1 aliphatic carbocycles. The minimum absolute atomic E-state index is 0.355. The average Bonchev–Trinajstić information content (AvgIpc) is 3.07. The van der Waals surface area contributed by atoms with E-state index < -0.39 is 17.8 Å². The van der Waals surface area contributed by atoms with Crippen LogP contribution in [-0.4, -0.2) is 23.3 Å². The molecule has 142 valence electrons. The van der Waals surface area contributed by atoms with Gasteiger partial charge in [-0.2, -0.15) is 0 Å². The maximum absolute atomic E-state index is 11.6. The molecule has 0 aliphatic heterocycles. The zero-order valence-electron chi connectivity index (χ0n) is 16.2. The Morgan fingerprint density at radius 1 is 1.35 bits per heavy atom. The van der Waals surface area contributed by atoms with E-state index in [1.54, 1.807) is 0 Å². The Labute approximate surface area is 157 Å². The molecule has 1 saturated carbocycles. The number of nitrogens with one attached hydrogen (secondary N) is 1. The summed E-state index contributed by atoms with van der Waals surface area (Å²) in [5, 5.41) is 13.0. The molecule has 1 unspecified atom stereocenters. The average molecular weight is 357 g/mol. The Morgan fingerprint density at radius 2 is 2.08 bits per heavy atom. The van der Waals surface area contributed by atoms with Gasteiger partial charge in [-0.25, -0.2) is 4.79 Å². The van der Waals surface area contributed by atoms with E-state index in [1.807, 2.05) is 45.0 Å². The lowest BCUT2D eigenvalue weighted by Crippen LogP contribution is -2.33. The molecule has 26 heavy (non-hydrogen) atoms. The topological polar surface area (TPSA) is 58.6 Å². The van der Waals surface area contributed by atoms with Crippen LogP contribution in [0.1, 0.15) is 76.5 Å². The largest absolute Gasteiger partial charge is 0.444 e. The molecule has 0 bridgehead atoms. The van der Waals surface area contributed by atoms with Crippen LogP contribution in [0.15, 0.2) is 24.3 Å². The van der Waals surface area contributed by atoms with E-state index in [1.165, 1.54) is 25.7 Å². The van der Waals surface area contributed by atoms with Crippen molar-refractivity contribution in [2.45, 2.75) is 71.0 Å². The maximum Gasteiger partial charge on any atom is 0.407 e. The molecule has 1 atom stereocenters. The Bertz CT molecular complexity index is 645. The highest BCUT2D eigenvalue weighted by Gasteiger charge is 2.16. The highest BCUT2D eigenvalue weighted by Crippen LogP contribution is 2.27. The molecule has 1 amide bonds. The molecule has 2 N–H and O–H groups in total. The number of benzene rings is 1. The molecule has 2 rings (SSSR count). The Balaban J connectivity index is 1.80. The summed E-state index contributed by atoms with van der Waals surface area (Å²) in [7, 11) is 0. The van der Waals surface area contributed by atoms with E-state index >= 15 is 0 Å². The Hall–Kier alpha value is -1.99. The third kappa shape index (κ3) is 7.49. The molecule has 1 aromatic rings. The minimum atomic E-state index is -0.637. The van der Waals surface area contributed by atoms with Gasteiger partial charge >= 0.3 is 6.09 Å². The first-order valence-electron chi connectivity index (χ1n) is 9.57. The van der Waals surface area contributed by atoms with Crippen molar-refractivity contribution in [2.75, 3.05) is 6.54 Å². The molecular formula is C22H31NO3. The van der Waals surface area contributed by atoms with Crippen molar-refractivity contribution in [2.24, 2.45) is 5.92 Å². The summed E-state index contributed by atoms with van der Waals surface area (Å²) in [6, 6.07) is 7.70. The number of amides is 1. The summed E-state index contributed by atoms with van der Waals surface area (Å²) in [6.07, 6.45) is 5.58. The van der Waals surface area contributed by atoms with Crippen molar-refractivity contribution in [1.82, 2.24) is 5.32 Å². The fraction of sp³-hybridized carbons (Fsp3) is 0.591. The first-order chi connectivity index (χ1) is 12.3. The second-order valence-electron chi connectivity index (χ2n) is 8.01. The van der Waals surface area contributed by atoms with Gasteiger partial charge in [-0.3, -0.25) is 0 Å². The Kier molecular flexibility index (Phi) is 7.53. The molecule has 1 fully saturated rings. The van der Waals surface area contributed by atoms with Crippen molar-refractivity contribution < 1.29 is 14.6 Å². The standard InChI is InChI=1S/C22H31NO3/c1-22(2,3)26-21(25)23-15-14-20(24)19-13-7-12-18(16-19)11-6-10-17-8-4-5-9-17/h7,12-13,16-17,20,24H,4-5,8-10,14-15H2,1-3H3,(H,23,25). The van der Waals surface area contributed by atoms with Gasteiger partial charge in [0.2, 0.25) is 0 Å². The second kappa shape index (κ2) is 9.64. The predicted octanol–water partition coefficient (Wildman–Crippen LogP) is 4.57. The number of alkyl carbamates (subject to hydrolysis) is 1. The first-order valence-corrected chi connectivity index (χ1v) is 9.57. The lowest BCUT2D eigenvalue weighted by atomic mass is 10.0. The normalized spacial score (nSPS) is 15.8. The van der Waals surface area contributed by atoms with Crippen LogP contribution < -0.4 is 5.32 Å². The van der Waals surface area contributed by atoms with Crippen molar-refractivity contribution in [3.63, 3.8) is 0 Å². The summed E-state index contributed by atoms with van der Waals surface area (Å²) < 4.78 is 5.18. The minimum Gasteiger partial charge on any atom is -0.444 e. The maximum atomic E-state index is 11.6. The van der Waals surface area contributed by atoms with Crippen molar-refractivity contribution in [3.8, 4) is 11.8 Å². The van der Waals surface area contributed by atoms with E-state index in [0.29, 0.717) is 13.0 Å². The van der Waals surface area contributed by atoms with Crippen molar-refractivity contribution in [3.05, 3.63) is 35.4 Å². The summed E-state index contributed by atoms with van der Waals surface area (Å²) in [5.41, 5.74) is 1.23. The molecule has 0 saturated heterocycles. The molecule has 4 nitrogen and oxygen atoms in total. The van der Waals surface area contributed by atoms with Gasteiger partial charge in [-0.15, -0.1) is 0 Å². The van der Waals surface area contributed by atoms with Crippen molar-refractivity contribution in [1.29, 1.82) is 0 Å². The molecule has 1 aliphatic rings. The highest BCUT2D eigenvalue weighted by atomic mass is 16.6. The smallest absolute Gasteiger partial charge is 0.407 e. The van der Waals surface area contributed by atoms with Crippen LogP contribution in [0.3, 0.4) is 0 Å². The summed E-state index contributed by atoms with van der Waals surface area (Å²) >= 11 is 0. The van der Waals surface area contributed by atoms with Crippen LogP contribution in [-0.2, 0) is 4.74 Å².